The van der Waals surface area contributed by atoms with E-state index in [0.717, 1.165) is 25.7 Å². The van der Waals surface area contributed by atoms with E-state index < -0.39 is 11.0 Å². The van der Waals surface area contributed by atoms with Crippen molar-refractivity contribution in [2.24, 2.45) is 22.2 Å². The van der Waals surface area contributed by atoms with Gasteiger partial charge in [0.25, 0.3) is 0 Å². The zero-order valence-electron chi connectivity index (χ0n) is 12.3. The van der Waals surface area contributed by atoms with Crippen LogP contribution in [0, 0.1) is 11.3 Å². The smallest absolute Gasteiger partial charge is 0.235 e. The molecule has 2 fully saturated rings. The van der Waals surface area contributed by atoms with Crippen molar-refractivity contribution < 1.29 is 15.1 Å². The van der Waals surface area contributed by atoms with Crippen LogP contribution in [-0.2, 0) is 4.79 Å². The molecule has 1 saturated heterocycles. The highest BCUT2D eigenvalue weighted by Crippen LogP contribution is 2.40. The molecular formula is C14H25N3O3. The highest BCUT2D eigenvalue weighted by atomic mass is 16.4. The third kappa shape index (κ3) is 2.49. The largest absolute Gasteiger partial charge is 0.409 e. The molecule has 2 aliphatic rings. The van der Waals surface area contributed by atoms with Gasteiger partial charge in [-0.25, -0.2) is 0 Å². The van der Waals surface area contributed by atoms with Crippen molar-refractivity contribution in [1.29, 1.82) is 0 Å². The molecule has 2 unspecified atom stereocenters. The molecule has 1 aliphatic heterocycles. The molecule has 2 rings (SSSR count). The number of nitrogens with two attached hydrogens (primary N) is 1. The summed E-state index contributed by atoms with van der Waals surface area (Å²) in [4.78, 5) is 14.3. The van der Waals surface area contributed by atoms with Gasteiger partial charge in [-0.1, -0.05) is 18.0 Å². The second-order valence-electron chi connectivity index (χ2n) is 6.66. The van der Waals surface area contributed by atoms with Gasteiger partial charge in [-0.05, 0) is 33.1 Å². The van der Waals surface area contributed by atoms with Gasteiger partial charge in [-0.3, -0.25) is 4.79 Å². The van der Waals surface area contributed by atoms with Crippen LogP contribution >= 0.6 is 0 Å². The molecule has 0 bridgehead atoms. The predicted molar refractivity (Wildman–Crippen MR) is 75.3 cm³/mol. The molecule has 4 N–H and O–H groups in total. The second-order valence-corrected chi connectivity index (χ2v) is 6.66. The summed E-state index contributed by atoms with van der Waals surface area (Å²) in [6.45, 7) is 4.42. The number of amides is 1. The van der Waals surface area contributed by atoms with E-state index in [1.54, 1.807) is 18.7 Å². The lowest BCUT2D eigenvalue weighted by molar-refractivity contribution is -0.148. The maximum Gasteiger partial charge on any atom is 0.235 e. The Kier molecular flexibility index (Phi) is 3.95. The van der Waals surface area contributed by atoms with Gasteiger partial charge in [-0.2, -0.15) is 0 Å². The minimum absolute atomic E-state index is 0.0769. The number of hydrogen-bond donors (Lipinski definition) is 3. The van der Waals surface area contributed by atoms with Crippen LogP contribution in [0.3, 0.4) is 0 Å². The number of piperidine rings is 1. The SMILES string of the molecule is CC(C)(C(=O)N1CCC2(O)CCCCC2C1)C(N)=NO. The third-order valence-corrected chi connectivity index (χ3v) is 5.00. The number of carbonyl (C=O) groups excluding carboxylic acids is 1. The van der Waals surface area contributed by atoms with Crippen LogP contribution in [0.4, 0.5) is 0 Å². The van der Waals surface area contributed by atoms with Crippen molar-refractivity contribution in [3.63, 3.8) is 0 Å². The molecule has 0 aromatic rings. The summed E-state index contributed by atoms with van der Waals surface area (Å²) >= 11 is 0. The average molecular weight is 283 g/mol. The van der Waals surface area contributed by atoms with Gasteiger partial charge in [-0.15, -0.1) is 0 Å². The van der Waals surface area contributed by atoms with Crippen molar-refractivity contribution in [1.82, 2.24) is 4.90 Å². The number of rotatable bonds is 2. The van der Waals surface area contributed by atoms with Crippen LogP contribution in [0.25, 0.3) is 0 Å². The van der Waals surface area contributed by atoms with E-state index in [2.05, 4.69) is 5.16 Å². The van der Waals surface area contributed by atoms with Crippen molar-refractivity contribution in [3.05, 3.63) is 0 Å². The molecule has 6 nitrogen and oxygen atoms in total. The molecule has 0 aromatic carbocycles. The molecule has 2 atom stereocenters. The molecule has 1 aliphatic carbocycles. The van der Waals surface area contributed by atoms with Crippen molar-refractivity contribution in [2.45, 2.75) is 51.6 Å². The number of hydrogen-bond acceptors (Lipinski definition) is 4. The van der Waals surface area contributed by atoms with Crippen LogP contribution in [0.5, 0.6) is 0 Å². The molecular weight excluding hydrogens is 258 g/mol. The Balaban J connectivity index is 2.10. The molecule has 0 spiro atoms. The van der Waals surface area contributed by atoms with Crippen molar-refractivity contribution >= 4 is 11.7 Å². The highest BCUT2D eigenvalue weighted by Gasteiger charge is 2.46. The Hall–Kier alpha value is -1.30. The molecule has 1 heterocycles. The fraction of sp³-hybridized carbons (Fsp3) is 0.857. The Bertz CT molecular complexity index is 422. The second kappa shape index (κ2) is 5.24. The van der Waals surface area contributed by atoms with E-state index >= 15 is 0 Å². The van der Waals surface area contributed by atoms with Crippen LogP contribution in [0.1, 0.15) is 46.0 Å². The average Bonchev–Trinajstić information content (AvgIpc) is 2.44. The molecule has 6 heteroatoms. The Morgan fingerprint density at radius 1 is 1.40 bits per heavy atom. The molecule has 114 valence electrons. The van der Waals surface area contributed by atoms with Crippen LogP contribution in [0.15, 0.2) is 5.16 Å². The van der Waals surface area contributed by atoms with E-state index in [0.29, 0.717) is 19.5 Å². The number of nitrogens with zero attached hydrogens (tertiary/aromatic N) is 2. The van der Waals surface area contributed by atoms with E-state index in [4.69, 9.17) is 10.9 Å². The summed E-state index contributed by atoms with van der Waals surface area (Å²) in [5.41, 5.74) is 4.00. The monoisotopic (exact) mass is 283 g/mol. The first-order valence-electron chi connectivity index (χ1n) is 7.31. The first-order chi connectivity index (χ1) is 9.31. The topological polar surface area (TPSA) is 99.2 Å². The number of fused-ring (bicyclic) bond motifs is 1. The van der Waals surface area contributed by atoms with E-state index in [-0.39, 0.29) is 17.7 Å². The summed E-state index contributed by atoms with van der Waals surface area (Å²) in [6, 6.07) is 0. The molecule has 20 heavy (non-hydrogen) atoms. The summed E-state index contributed by atoms with van der Waals surface area (Å²) in [5, 5.41) is 22.4. The fourth-order valence-corrected chi connectivity index (χ4v) is 3.39. The number of aliphatic hydroxyl groups is 1. The number of likely N-dealkylation sites (tertiary alicyclic amines) is 1. The predicted octanol–water partition coefficient (Wildman–Crippen LogP) is 0.913. The third-order valence-electron chi connectivity index (χ3n) is 5.00. The lowest BCUT2D eigenvalue weighted by Gasteiger charge is -2.48. The van der Waals surface area contributed by atoms with E-state index in [9.17, 15) is 9.90 Å². The van der Waals surface area contributed by atoms with Crippen LogP contribution in [0.2, 0.25) is 0 Å². The van der Waals surface area contributed by atoms with Gasteiger partial charge in [0.2, 0.25) is 5.91 Å². The zero-order valence-corrected chi connectivity index (χ0v) is 12.3. The van der Waals surface area contributed by atoms with Crippen LogP contribution < -0.4 is 5.73 Å². The maximum atomic E-state index is 12.6. The van der Waals surface area contributed by atoms with Gasteiger partial charge in [0.1, 0.15) is 5.41 Å². The Morgan fingerprint density at radius 2 is 2.10 bits per heavy atom. The molecule has 0 aromatic heterocycles. The minimum Gasteiger partial charge on any atom is -0.409 e. The van der Waals surface area contributed by atoms with E-state index in [1.165, 1.54) is 0 Å². The minimum atomic E-state index is -1.02. The zero-order chi connectivity index (χ0) is 15.0. The normalized spacial score (nSPS) is 31.9. The molecule has 1 saturated carbocycles. The fourth-order valence-electron chi connectivity index (χ4n) is 3.39. The summed E-state index contributed by atoms with van der Waals surface area (Å²) in [5.74, 6) is -0.0653. The first kappa shape index (κ1) is 15.1. The lowest BCUT2D eigenvalue weighted by atomic mass is 9.71. The quantitative estimate of drug-likeness (QED) is 0.303. The van der Waals surface area contributed by atoms with Gasteiger partial charge in [0.15, 0.2) is 5.84 Å². The maximum absolute atomic E-state index is 12.6. The molecule has 1 amide bonds. The van der Waals surface area contributed by atoms with Gasteiger partial charge >= 0.3 is 0 Å². The van der Waals surface area contributed by atoms with Gasteiger partial charge < -0.3 is 20.9 Å². The highest BCUT2D eigenvalue weighted by molar-refractivity contribution is 6.05. The standard InChI is InChI=1S/C14H25N3O3/c1-13(2,11(15)16-20)12(18)17-8-7-14(19)6-4-3-5-10(14)9-17/h10,19-20H,3-9H2,1-2H3,(H2,15,16). The summed E-state index contributed by atoms with van der Waals surface area (Å²) in [6.07, 6.45) is 4.60. The van der Waals surface area contributed by atoms with Gasteiger partial charge in [0.05, 0.1) is 5.60 Å². The molecule has 0 radical (unpaired) electrons. The summed E-state index contributed by atoms with van der Waals surface area (Å²) in [7, 11) is 0. The van der Waals surface area contributed by atoms with E-state index in [1.807, 2.05) is 0 Å². The summed E-state index contributed by atoms with van der Waals surface area (Å²) < 4.78 is 0. The Labute approximate surface area is 119 Å². The van der Waals surface area contributed by atoms with Gasteiger partial charge in [0, 0.05) is 19.0 Å². The lowest BCUT2D eigenvalue weighted by Crippen LogP contribution is -2.58. The Morgan fingerprint density at radius 3 is 2.75 bits per heavy atom. The van der Waals surface area contributed by atoms with Crippen molar-refractivity contribution in [2.75, 3.05) is 13.1 Å². The number of amidine groups is 1. The number of oxime groups is 1. The van der Waals surface area contributed by atoms with Crippen molar-refractivity contribution in [3.8, 4) is 0 Å². The van der Waals surface area contributed by atoms with Crippen LogP contribution in [-0.4, -0.2) is 45.6 Å². The number of carbonyl (C=O) groups is 1. The first-order valence-corrected chi connectivity index (χ1v) is 7.31.